The molecule has 1 saturated carbocycles. The number of rotatable bonds is 8. The van der Waals surface area contributed by atoms with Gasteiger partial charge in [0.05, 0.1) is 0 Å². The molecule has 2 atom stereocenters. The number of aromatic nitrogens is 1. The quantitative estimate of drug-likeness (QED) is 0.718. The summed E-state index contributed by atoms with van der Waals surface area (Å²) in [5.74, 6) is 1.30. The Hall–Kier alpha value is -2.36. The summed E-state index contributed by atoms with van der Waals surface area (Å²) in [4.78, 5) is 16.2. The zero-order valence-corrected chi connectivity index (χ0v) is 15.0. The predicted octanol–water partition coefficient (Wildman–Crippen LogP) is 3.93. The third-order valence-corrected chi connectivity index (χ3v) is 4.82. The van der Waals surface area contributed by atoms with Crippen molar-refractivity contribution in [1.82, 2.24) is 10.3 Å². The summed E-state index contributed by atoms with van der Waals surface area (Å²) in [6, 6.07) is 12.6. The second-order valence-electron chi connectivity index (χ2n) is 7.08. The maximum Gasteiger partial charge on any atom is 0.223 e. The van der Waals surface area contributed by atoms with Crippen LogP contribution in [0.2, 0.25) is 0 Å². The van der Waals surface area contributed by atoms with Crippen LogP contribution in [0.3, 0.4) is 0 Å². The fraction of sp³-hybridized carbons (Fsp3) is 0.429. The van der Waals surface area contributed by atoms with Crippen LogP contribution >= 0.6 is 0 Å². The van der Waals surface area contributed by atoms with Crippen LogP contribution in [0.15, 0.2) is 48.8 Å². The lowest BCUT2D eigenvalue weighted by molar-refractivity contribution is -0.122. The van der Waals surface area contributed by atoms with E-state index in [1.165, 1.54) is 11.1 Å². The number of carbonyl (C=O) groups is 1. The number of nitrogens with zero attached hydrogens (tertiary/aromatic N) is 1. The first kappa shape index (κ1) is 17.5. The van der Waals surface area contributed by atoms with Crippen LogP contribution in [0.25, 0.3) is 0 Å². The lowest BCUT2D eigenvalue weighted by atomic mass is 10.00. The number of benzene rings is 1. The third-order valence-electron chi connectivity index (χ3n) is 4.82. The van der Waals surface area contributed by atoms with Crippen molar-refractivity contribution >= 4 is 11.6 Å². The summed E-state index contributed by atoms with van der Waals surface area (Å²) in [6.45, 7) is 5.96. The number of amides is 1. The Morgan fingerprint density at radius 2 is 1.84 bits per heavy atom. The van der Waals surface area contributed by atoms with E-state index in [4.69, 9.17) is 0 Å². The largest absolute Gasteiger partial charge is 0.385 e. The second kappa shape index (κ2) is 8.15. The highest BCUT2D eigenvalue weighted by molar-refractivity contribution is 5.82. The van der Waals surface area contributed by atoms with Gasteiger partial charge in [0.15, 0.2) is 0 Å². The molecule has 132 valence electrons. The normalized spacial score (nSPS) is 18.8. The van der Waals surface area contributed by atoms with Crippen molar-refractivity contribution in [2.24, 2.45) is 5.92 Å². The number of nitrogens with one attached hydrogen (secondary N) is 2. The Morgan fingerprint density at radius 3 is 2.52 bits per heavy atom. The molecule has 0 aliphatic heterocycles. The maximum atomic E-state index is 12.3. The van der Waals surface area contributed by atoms with E-state index in [1.54, 1.807) is 12.4 Å². The van der Waals surface area contributed by atoms with Crippen LogP contribution in [-0.4, -0.2) is 24.0 Å². The van der Waals surface area contributed by atoms with Crippen molar-refractivity contribution in [3.8, 4) is 0 Å². The molecule has 25 heavy (non-hydrogen) atoms. The van der Waals surface area contributed by atoms with Gasteiger partial charge in [0.25, 0.3) is 0 Å². The van der Waals surface area contributed by atoms with E-state index in [1.807, 2.05) is 12.1 Å². The van der Waals surface area contributed by atoms with Crippen LogP contribution in [0.1, 0.15) is 49.7 Å². The minimum Gasteiger partial charge on any atom is -0.385 e. The number of carbonyl (C=O) groups excluding carboxylic acids is 1. The average molecular weight is 337 g/mol. The first-order valence-corrected chi connectivity index (χ1v) is 9.16. The summed E-state index contributed by atoms with van der Waals surface area (Å²) in [5, 5.41) is 6.39. The summed E-state index contributed by atoms with van der Waals surface area (Å²) in [6.07, 6.45) is 5.42. The zero-order valence-electron chi connectivity index (χ0n) is 15.0. The highest BCUT2D eigenvalue weighted by Gasteiger charge is 2.43. The van der Waals surface area contributed by atoms with Gasteiger partial charge in [0.2, 0.25) is 5.91 Å². The van der Waals surface area contributed by atoms with Gasteiger partial charge < -0.3 is 10.6 Å². The average Bonchev–Trinajstić information content (AvgIpc) is 3.43. The number of hydrogen-bond donors (Lipinski definition) is 2. The third kappa shape index (κ3) is 4.81. The van der Waals surface area contributed by atoms with E-state index >= 15 is 0 Å². The number of anilines is 1. The van der Waals surface area contributed by atoms with Gasteiger partial charge in [-0.05, 0) is 47.9 Å². The Labute approximate surface area is 150 Å². The van der Waals surface area contributed by atoms with E-state index in [2.05, 4.69) is 53.7 Å². The molecule has 2 N–H and O–H groups in total. The molecule has 1 aliphatic carbocycles. The van der Waals surface area contributed by atoms with Gasteiger partial charge in [0.1, 0.15) is 0 Å². The first-order valence-electron chi connectivity index (χ1n) is 9.16. The smallest absolute Gasteiger partial charge is 0.223 e. The van der Waals surface area contributed by atoms with E-state index in [9.17, 15) is 4.79 Å². The van der Waals surface area contributed by atoms with Crippen molar-refractivity contribution in [3.05, 3.63) is 59.9 Å². The van der Waals surface area contributed by atoms with Crippen molar-refractivity contribution in [1.29, 1.82) is 0 Å². The van der Waals surface area contributed by atoms with Crippen LogP contribution in [0, 0.1) is 5.92 Å². The Balaban J connectivity index is 1.35. The molecule has 4 nitrogen and oxygen atoms in total. The minimum atomic E-state index is 0.151. The Morgan fingerprint density at radius 1 is 1.12 bits per heavy atom. The minimum absolute atomic E-state index is 0.151. The van der Waals surface area contributed by atoms with E-state index < -0.39 is 0 Å². The van der Waals surface area contributed by atoms with Crippen molar-refractivity contribution in [2.45, 2.75) is 38.5 Å². The zero-order chi connectivity index (χ0) is 17.6. The molecule has 2 aromatic rings. The fourth-order valence-electron chi connectivity index (χ4n) is 3.11. The van der Waals surface area contributed by atoms with Crippen molar-refractivity contribution in [2.75, 3.05) is 18.4 Å². The van der Waals surface area contributed by atoms with E-state index in [-0.39, 0.29) is 11.8 Å². The molecule has 1 heterocycles. The van der Waals surface area contributed by atoms with Gasteiger partial charge in [-0.25, -0.2) is 0 Å². The molecule has 4 heteroatoms. The van der Waals surface area contributed by atoms with E-state index in [0.29, 0.717) is 18.4 Å². The van der Waals surface area contributed by atoms with Gasteiger partial charge in [-0.15, -0.1) is 0 Å². The molecule has 1 aromatic carbocycles. The maximum absolute atomic E-state index is 12.3. The molecule has 0 radical (unpaired) electrons. The monoisotopic (exact) mass is 337 g/mol. The Kier molecular flexibility index (Phi) is 5.69. The number of pyridine rings is 1. The van der Waals surface area contributed by atoms with Crippen molar-refractivity contribution < 1.29 is 4.79 Å². The predicted molar refractivity (Wildman–Crippen MR) is 102 cm³/mol. The van der Waals surface area contributed by atoms with Gasteiger partial charge in [-0.2, -0.15) is 0 Å². The molecule has 1 aliphatic rings. The second-order valence-corrected chi connectivity index (χ2v) is 7.08. The summed E-state index contributed by atoms with van der Waals surface area (Å²) in [5.41, 5.74) is 3.71. The van der Waals surface area contributed by atoms with Crippen molar-refractivity contribution in [3.63, 3.8) is 0 Å². The molecule has 1 fully saturated rings. The van der Waals surface area contributed by atoms with Gasteiger partial charge in [0, 0.05) is 37.1 Å². The number of hydrogen-bond acceptors (Lipinski definition) is 3. The lowest BCUT2D eigenvalue weighted by Crippen LogP contribution is -2.27. The van der Waals surface area contributed by atoms with Crippen LogP contribution < -0.4 is 10.6 Å². The summed E-state index contributed by atoms with van der Waals surface area (Å²) < 4.78 is 0. The fourth-order valence-corrected chi connectivity index (χ4v) is 3.11. The lowest BCUT2D eigenvalue weighted by Gasteiger charge is -2.08. The molecule has 0 bridgehead atoms. The van der Waals surface area contributed by atoms with Gasteiger partial charge in [-0.1, -0.05) is 38.1 Å². The summed E-state index contributed by atoms with van der Waals surface area (Å²) in [7, 11) is 0. The molecular weight excluding hydrogens is 310 g/mol. The molecule has 1 amide bonds. The topological polar surface area (TPSA) is 54.0 Å². The van der Waals surface area contributed by atoms with Crippen LogP contribution in [-0.2, 0) is 4.79 Å². The standard InChI is InChI=1S/C21H27N3O/c1-15(2)16-4-6-17(7-5-16)19-14-20(19)21(25)24-11-3-10-23-18-8-12-22-13-9-18/h4-9,12-13,15,19-20H,3,10-11,14H2,1-2H3,(H,22,23)(H,24,25)/t19-,20+/m1/s1. The van der Waals surface area contributed by atoms with Crippen LogP contribution in [0.5, 0.6) is 0 Å². The highest BCUT2D eigenvalue weighted by atomic mass is 16.2. The van der Waals surface area contributed by atoms with Gasteiger partial charge in [-0.3, -0.25) is 9.78 Å². The molecular formula is C21H27N3O. The summed E-state index contributed by atoms with van der Waals surface area (Å²) >= 11 is 0. The van der Waals surface area contributed by atoms with Crippen LogP contribution in [0.4, 0.5) is 5.69 Å². The highest BCUT2D eigenvalue weighted by Crippen LogP contribution is 2.47. The molecule has 0 spiro atoms. The first-order chi connectivity index (χ1) is 12.1. The Bertz CT molecular complexity index is 682. The van der Waals surface area contributed by atoms with Gasteiger partial charge >= 0.3 is 0 Å². The molecule has 0 saturated heterocycles. The van der Waals surface area contributed by atoms with E-state index in [0.717, 1.165) is 25.1 Å². The SMILES string of the molecule is CC(C)c1ccc([C@H]2C[C@@H]2C(=O)NCCCNc2ccncc2)cc1. The molecule has 3 rings (SSSR count). The molecule has 1 aromatic heterocycles. The molecule has 0 unspecified atom stereocenters.